The van der Waals surface area contributed by atoms with E-state index in [9.17, 15) is 13.2 Å². The molecule has 0 radical (unpaired) electrons. The largest absolute Gasteiger partial charge is 0.465 e. The molecule has 0 bridgehead atoms. The zero-order valence-electron chi connectivity index (χ0n) is 17.4. The Kier molecular flexibility index (Phi) is 7.40. The molecule has 1 aliphatic heterocycles. The molecule has 0 saturated heterocycles. The molecule has 1 atom stereocenters. The third-order valence-electron chi connectivity index (χ3n) is 4.53. The van der Waals surface area contributed by atoms with Gasteiger partial charge in [0.25, 0.3) is 0 Å². The molecule has 8 nitrogen and oxygen atoms in total. The second-order valence-corrected chi connectivity index (χ2v) is 8.77. The van der Waals surface area contributed by atoms with E-state index in [2.05, 4.69) is 16.4 Å². The smallest absolute Gasteiger partial charge is 0.200 e. The Morgan fingerprint density at radius 3 is 2.67 bits per heavy atom. The zero-order valence-corrected chi connectivity index (χ0v) is 18.2. The molecule has 1 heterocycles. The number of ether oxygens (including phenoxy) is 1. The Labute approximate surface area is 176 Å². The van der Waals surface area contributed by atoms with Crippen LogP contribution in [-0.4, -0.2) is 45.5 Å². The van der Waals surface area contributed by atoms with E-state index in [1.165, 1.54) is 12.1 Å². The maximum atomic E-state index is 13.3. The average molecular weight is 432 g/mol. The Balaban J connectivity index is 2.65. The molecule has 1 aromatic rings. The van der Waals surface area contributed by atoms with Gasteiger partial charge in [0.1, 0.15) is 6.61 Å². The van der Waals surface area contributed by atoms with Crippen LogP contribution in [0.4, 0.5) is 0 Å². The number of hydrogen-bond acceptors (Lipinski definition) is 8. The lowest BCUT2D eigenvalue weighted by Gasteiger charge is -2.19. The van der Waals surface area contributed by atoms with Gasteiger partial charge in [0, 0.05) is 36.6 Å². The summed E-state index contributed by atoms with van der Waals surface area (Å²) in [5.41, 5.74) is 1.79. The van der Waals surface area contributed by atoms with Crippen molar-refractivity contribution in [2.75, 3.05) is 19.4 Å². The molecule has 0 aromatic heterocycles. The van der Waals surface area contributed by atoms with Gasteiger partial charge in [-0.1, -0.05) is 11.1 Å². The molecule has 0 spiro atoms. The number of hydrogen-bond donors (Lipinski definition) is 2. The van der Waals surface area contributed by atoms with Crippen LogP contribution < -0.4 is 5.32 Å². The first-order valence-electron chi connectivity index (χ1n) is 9.28. The highest BCUT2D eigenvalue weighted by Crippen LogP contribution is 2.36. The van der Waals surface area contributed by atoms with Gasteiger partial charge in [0.2, 0.25) is 5.88 Å². The van der Waals surface area contributed by atoms with Gasteiger partial charge in [0.05, 0.1) is 16.2 Å². The second-order valence-electron chi connectivity index (χ2n) is 6.79. The minimum absolute atomic E-state index is 0.0203. The topological polar surface area (TPSA) is 118 Å². The first kappa shape index (κ1) is 23.2. The predicted octanol–water partition coefficient (Wildman–Crippen LogP) is 2.54. The van der Waals surface area contributed by atoms with Gasteiger partial charge < -0.3 is 20.3 Å². The number of rotatable bonds is 9. The fourth-order valence-corrected chi connectivity index (χ4v) is 4.20. The van der Waals surface area contributed by atoms with Crippen LogP contribution in [0.2, 0.25) is 0 Å². The van der Waals surface area contributed by atoms with Crippen LogP contribution in [0.15, 0.2) is 33.6 Å². The van der Waals surface area contributed by atoms with Crippen molar-refractivity contribution in [1.29, 1.82) is 5.41 Å². The summed E-state index contributed by atoms with van der Waals surface area (Å²) in [6.45, 7) is 5.64. The number of nitrogens with zero attached hydrogens (tertiary/aromatic N) is 1. The van der Waals surface area contributed by atoms with Gasteiger partial charge in [-0.05, 0) is 38.5 Å². The quantitative estimate of drug-likeness (QED) is 0.204. The Morgan fingerprint density at radius 1 is 1.47 bits per heavy atom. The van der Waals surface area contributed by atoms with E-state index in [1.54, 1.807) is 13.8 Å². The fourth-order valence-electron chi connectivity index (χ4n) is 3.20. The molecule has 1 unspecified atom stereocenters. The summed E-state index contributed by atoms with van der Waals surface area (Å²) < 4.78 is 30.1. The molecule has 0 fully saturated rings. The standard InChI is InChI=1S/C21H25N3O5S/c1-6-10-28-21(23-7-2)16(12-22)20(25)15-8-9-18(30(5,26)27)19(14(15)4)17-11-13(3)24-29-17/h1,8-9,12,17,22-23H,7,10-11H2,2-5H3/b21-16-,22-12?. The summed E-state index contributed by atoms with van der Waals surface area (Å²) in [5, 5.41) is 14.5. The minimum atomic E-state index is -3.57. The molecule has 0 saturated carbocycles. The lowest BCUT2D eigenvalue weighted by atomic mass is 9.92. The number of carbonyl (C=O) groups is 1. The highest BCUT2D eigenvalue weighted by atomic mass is 32.2. The number of oxime groups is 1. The molecular formula is C21H25N3O5S. The lowest BCUT2D eigenvalue weighted by Crippen LogP contribution is -2.22. The second kappa shape index (κ2) is 9.59. The van der Waals surface area contributed by atoms with Crippen molar-refractivity contribution >= 4 is 27.5 Å². The summed E-state index contributed by atoms with van der Waals surface area (Å²) in [7, 11) is -3.57. The van der Waals surface area contributed by atoms with Crippen molar-refractivity contribution in [3.05, 3.63) is 40.3 Å². The van der Waals surface area contributed by atoms with Gasteiger partial charge in [-0.25, -0.2) is 8.42 Å². The van der Waals surface area contributed by atoms with Crippen LogP contribution in [0.25, 0.3) is 0 Å². The third-order valence-corrected chi connectivity index (χ3v) is 5.68. The van der Waals surface area contributed by atoms with Gasteiger partial charge in [-0.15, -0.1) is 6.42 Å². The van der Waals surface area contributed by atoms with Crippen LogP contribution >= 0.6 is 0 Å². The summed E-state index contributed by atoms with van der Waals surface area (Å²) in [6, 6.07) is 2.83. The number of nitrogens with one attached hydrogen (secondary N) is 2. The van der Waals surface area contributed by atoms with Crippen molar-refractivity contribution in [1.82, 2.24) is 5.32 Å². The van der Waals surface area contributed by atoms with E-state index in [0.29, 0.717) is 24.1 Å². The maximum Gasteiger partial charge on any atom is 0.200 e. The van der Waals surface area contributed by atoms with E-state index in [4.69, 9.17) is 21.4 Å². The van der Waals surface area contributed by atoms with Crippen molar-refractivity contribution in [2.24, 2.45) is 5.16 Å². The normalized spacial score (nSPS) is 16.6. The molecule has 30 heavy (non-hydrogen) atoms. The number of Topliss-reactive ketones (excluding diaryl/α,β-unsaturated/α-hetero) is 1. The molecule has 1 aliphatic rings. The Bertz CT molecular complexity index is 1060. The first-order chi connectivity index (χ1) is 14.1. The van der Waals surface area contributed by atoms with Gasteiger partial charge >= 0.3 is 0 Å². The van der Waals surface area contributed by atoms with Gasteiger partial charge in [-0.2, -0.15) is 0 Å². The van der Waals surface area contributed by atoms with Crippen LogP contribution in [-0.2, 0) is 19.4 Å². The van der Waals surface area contributed by atoms with Gasteiger partial charge in [-0.3, -0.25) is 4.79 Å². The van der Waals surface area contributed by atoms with E-state index in [1.807, 2.05) is 6.92 Å². The fraction of sp³-hybridized carbons (Fsp3) is 0.381. The zero-order chi connectivity index (χ0) is 22.5. The monoisotopic (exact) mass is 431 g/mol. The van der Waals surface area contributed by atoms with Crippen LogP contribution in [0.3, 0.4) is 0 Å². The molecule has 0 amide bonds. The summed E-state index contributed by atoms with van der Waals surface area (Å²) >= 11 is 0. The highest BCUT2D eigenvalue weighted by molar-refractivity contribution is 7.90. The number of terminal acetylenes is 1. The first-order valence-corrected chi connectivity index (χ1v) is 11.2. The highest BCUT2D eigenvalue weighted by Gasteiger charge is 2.31. The van der Waals surface area contributed by atoms with Crippen molar-refractivity contribution in [3.8, 4) is 12.3 Å². The van der Waals surface area contributed by atoms with Crippen LogP contribution in [0.1, 0.15) is 47.9 Å². The van der Waals surface area contributed by atoms with E-state index in [-0.39, 0.29) is 28.5 Å². The Hall–Kier alpha value is -3.12. The number of ketones is 1. The third kappa shape index (κ3) is 4.89. The van der Waals surface area contributed by atoms with Crippen LogP contribution in [0.5, 0.6) is 0 Å². The van der Waals surface area contributed by atoms with Crippen molar-refractivity contribution < 1.29 is 22.8 Å². The van der Waals surface area contributed by atoms with E-state index < -0.39 is 21.7 Å². The summed E-state index contributed by atoms with van der Waals surface area (Å²) in [5.74, 6) is 1.93. The molecule has 2 rings (SSSR count). The molecular weight excluding hydrogens is 406 g/mol. The number of benzene rings is 1. The summed E-state index contributed by atoms with van der Waals surface area (Å²) in [6.07, 6.45) is 7.04. The Morgan fingerprint density at radius 2 is 2.17 bits per heavy atom. The lowest BCUT2D eigenvalue weighted by molar-refractivity contribution is 0.0830. The van der Waals surface area contributed by atoms with E-state index in [0.717, 1.165) is 18.2 Å². The predicted molar refractivity (Wildman–Crippen MR) is 114 cm³/mol. The molecule has 2 N–H and O–H groups in total. The average Bonchev–Trinajstić information content (AvgIpc) is 3.11. The van der Waals surface area contributed by atoms with Crippen LogP contribution in [0, 0.1) is 24.7 Å². The number of sulfone groups is 1. The minimum Gasteiger partial charge on any atom is -0.465 e. The number of allylic oxidation sites excluding steroid dienone is 1. The van der Waals surface area contributed by atoms with Crippen molar-refractivity contribution in [3.63, 3.8) is 0 Å². The van der Waals surface area contributed by atoms with Crippen molar-refractivity contribution in [2.45, 2.75) is 38.2 Å². The maximum absolute atomic E-state index is 13.3. The molecule has 1 aromatic carbocycles. The van der Waals surface area contributed by atoms with Gasteiger partial charge in [0.15, 0.2) is 21.7 Å². The summed E-state index contributed by atoms with van der Waals surface area (Å²) in [4.78, 5) is 18.8. The number of carbonyl (C=O) groups excluding carboxylic acids is 1. The SMILES string of the molecule is C#CCO/C(NCC)=C(/C=N)C(=O)c1ccc(S(C)(=O)=O)c(C2CC(C)=NO2)c1C. The molecule has 9 heteroatoms. The van der Waals surface area contributed by atoms with E-state index >= 15 is 0 Å². The molecule has 0 aliphatic carbocycles. The molecule has 160 valence electrons.